The Morgan fingerprint density at radius 3 is 2.38 bits per heavy atom. The van der Waals surface area contributed by atoms with Gasteiger partial charge >= 0.3 is 0 Å². The van der Waals surface area contributed by atoms with E-state index >= 15 is 0 Å². The standard InChI is InChI=1S/C12H15N3O/c1-9-13-11(10-7-5-4-6-8-10)12(16)15(3)14(9)2/h4-8,11H,1-3H3. The summed E-state index contributed by atoms with van der Waals surface area (Å²) in [6.45, 7) is 1.90. The van der Waals surface area contributed by atoms with Crippen LogP contribution in [0, 0.1) is 0 Å². The topological polar surface area (TPSA) is 35.9 Å². The molecule has 0 bridgehead atoms. The fourth-order valence-corrected chi connectivity index (χ4v) is 1.72. The van der Waals surface area contributed by atoms with Crippen molar-refractivity contribution in [1.82, 2.24) is 10.0 Å². The quantitative estimate of drug-likeness (QED) is 0.714. The molecule has 1 heterocycles. The third-order valence-electron chi connectivity index (χ3n) is 2.90. The van der Waals surface area contributed by atoms with E-state index in [1.165, 1.54) is 0 Å². The third-order valence-corrected chi connectivity index (χ3v) is 2.90. The normalized spacial score (nSPS) is 21.1. The van der Waals surface area contributed by atoms with Crippen LogP contribution in [-0.2, 0) is 4.79 Å². The summed E-state index contributed by atoms with van der Waals surface area (Å²) < 4.78 is 0. The molecule has 0 spiro atoms. The Morgan fingerprint density at radius 2 is 1.75 bits per heavy atom. The molecule has 1 aromatic rings. The minimum Gasteiger partial charge on any atom is -0.273 e. The molecule has 0 fully saturated rings. The number of aliphatic imine (C=N–C) groups is 1. The second kappa shape index (κ2) is 3.96. The van der Waals surface area contributed by atoms with Gasteiger partial charge in [0.25, 0.3) is 5.91 Å². The Labute approximate surface area is 95.2 Å². The number of rotatable bonds is 1. The van der Waals surface area contributed by atoms with Crippen LogP contribution in [0.3, 0.4) is 0 Å². The predicted octanol–water partition coefficient (Wildman–Crippen LogP) is 1.46. The van der Waals surface area contributed by atoms with Gasteiger partial charge in [-0.05, 0) is 12.5 Å². The smallest absolute Gasteiger partial charge is 0.270 e. The molecule has 0 aromatic heterocycles. The summed E-state index contributed by atoms with van der Waals surface area (Å²) in [5, 5.41) is 3.35. The Morgan fingerprint density at radius 1 is 1.12 bits per heavy atom. The van der Waals surface area contributed by atoms with Crippen LogP contribution in [0.4, 0.5) is 0 Å². The highest BCUT2D eigenvalue weighted by Gasteiger charge is 2.30. The zero-order valence-electron chi connectivity index (χ0n) is 9.71. The lowest BCUT2D eigenvalue weighted by molar-refractivity contribution is -0.141. The van der Waals surface area contributed by atoms with Crippen molar-refractivity contribution >= 4 is 11.7 Å². The first-order valence-electron chi connectivity index (χ1n) is 5.22. The molecule has 1 unspecified atom stereocenters. The summed E-state index contributed by atoms with van der Waals surface area (Å²) in [6, 6.07) is 9.24. The summed E-state index contributed by atoms with van der Waals surface area (Å²) in [4.78, 5) is 16.5. The van der Waals surface area contributed by atoms with Crippen LogP contribution < -0.4 is 0 Å². The lowest BCUT2D eigenvalue weighted by Gasteiger charge is -2.36. The van der Waals surface area contributed by atoms with E-state index in [0.29, 0.717) is 0 Å². The van der Waals surface area contributed by atoms with Gasteiger partial charge in [-0.15, -0.1) is 0 Å². The average molecular weight is 217 g/mol. The number of hydrogen-bond acceptors (Lipinski definition) is 3. The molecule has 0 aliphatic carbocycles. The number of carbonyl (C=O) groups is 1. The van der Waals surface area contributed by atoms with Gasteiger partial charge in [0.05, 0.1) is 0 Å². The third kappa shape index (κ3) is 1.66. The molecule has 4 heteroatoms. The van der Waals surface area contributed by atoms with Crippen LogP contribution in [0.25, 0.3) is 0 Å². The van der Waals surface area contributed by atoms with Crippen molar-refractivity contribution in [3.8, 4) is 0 Å². The first-order valence-corrected chi connectivity index (χ1v) is 5.22. The fourth-order valence-electron chi connectivity index (χ4n) is 1.72. The molecular formula is C12H15N3O. The molecule has 1 aliphatic rings. The number of hydrazine groups is 1. The summed E-state index contributed by atoms with van der Waals surface area (Å²) >= 11 is 0. The molecule has 1 amide bonds. The lowest BCUT2D eigenvalue weighted by atomic mass is 10.1. The molecule has 1 atom stereocenters. The molecule has 0 N–H and O–H groups in total. The van der Waals surface area contributed by atoms with Crippen molar-refractivity contribution in [3.05, 3.63) is 35.9 Å². The lowest BCUT2D eigenvalue weighted by Crippen LogP contribution is -2.49. The molecular weight excluding hydrogens is 202 g/mol. The van der Waals surface area contributed by atoms with Crippen molar-refractivity contribution < 1.29 is 4.79 Å². The number of benzene rings is 1. The number of hydrogen-bond donors (Lipinski definition) is 0. The number of amidine groups is 1. The summed E-state index contributed by atoms with van der Waals surface area (Å²) in [5.74, 6) is 0.843. The largest absolute Gasteiger partial charge is 0.273 e. The Kier molecular flexibility index (Phi) is 2.64. The minimum absolute atomic E-state index is 0.000648. The van der Waals surface area contributed by atoms with Gasteiger partial charge in [-0.2, -0.15) is 0 Å². The Balaban J connectivity index is 2.39. The van der Waals surface area contributed by atoms with Gasteiger partial charge in [0.2, 0.25) is 0 Å². The van der Waals surface area contributed by atoms with E-state index in [-0.39, 0.29) is 5.91 Å². The number of nitrogens with zero attached hydrogens (tertiary/aromatic N) is 3. The van der Waals surface area contributed by atoms with Crippen molar-refractivity contribution in [3.63, 3.8) is 0 Å². The maximum absolute atomic E-state index is 12.1. The van der Waals surface area contributed by atoms with Gasteiger partial charge in [-0.1, -0.05) is 30.3 Å². The fraction of sp³-hybridized carbons (Fsp3) is 0.333. The van der Waals surface area contributed by atoms with Crippen molar-refractivity contribution in [2.75, 3.05) is 14.1 Å². The van der Waals surface area contributed by atoms with Crippen LogP contribution in [0.5, 0.6) is 0 Å². The average Bonchev–Trinajstić information content (AvgIpc) is 2.32. The van der Waals surface area contributed by atoms with E-state index in [1.807, 2.05) is 44.3 Å². The SMILES string of the molecule is CC1=NC(c2ccccc2)C(=O)N(C)N1C. The zero-order valence-corrected chi connectivity index (χ0v) is 9.71. The van der Waals surface area contributed by atoms with E-state index < -0.39 is 6.04 Å². The first-order chi connectivity index (χ1) is 7.61. The van der Waals surface area contributed by atoms with Crippen LogP contribution in [0.15, 0.2) is 35.3 Å². The Hall–Kier alpha value is -1.84. The number of carbonyl (C=O) groups excluding carboxylic acids is 1. The van der Waals surface area contributed by atoms with Crippen LogP contribution in [-0.4, -0.2) is 35.9 Å². The maximum Gasteiger partial charge on any atom is 0.270 e. The van der Waals surface area contributed by atoms with Crippen LogP contribution in [0.2, 0.25) is 0 Å². The maximum atomic E-state index is 12.1. The molecule has 1 aromatic carbocycles. The molecule has 0 saturated heterocycles. The van der Waals surface area contributed by atoms with Gasteiger partial charge in [-0.3, -0.25) is 19.8 Å². The molecule has 0 radical (unpaired) electrons. The van der Waals surface area contributed by atoms with Crippen molar-refractivity contribution in [2.45, 2.75) is 13.0 Å². The van der Waals surface area contributed by atoms with Gasteiger partial charge in [0, 0.05) is 14.1 Å². The van der Waals surface area contributed by atoms with Gasteiger partial charge in [-0.25, -0.2) is 0 Å². The molecule has 0 saturated carbocycles. The second-order valence-corrected chi connectivity index (χ2v) is 3.87. The van der Waals surface area contributed by atoms with Gasteiger partial charge in [0.15, 0.2) is 6.04 Å². The van der Waals surface area contributed by atoms with Gasteiger partial charge in [0.1, 0.15) is 5.84 Å². The molecule has 4 nitrogen and oxygen atoms in total. The van der Waals surface area contributed by atoms with E-state index in [0.717, 1.165) is 11.4 Å². The monoisotopic (exact) mass is 217 g/mol. The summed E-state index contributed by atoms with van der Waals surface area (Å²) in [5.41, 5.74) is 0.937. The number of amides is 1. The summed E-state index contributed by atoms with van der Waals surface area (Å²) in [6.07, 6.45) is 0. The molecule has 1 aliphatic heterocycles. The highest BCUT2D eigenvalue weighted by Crippen LogP contribution is 2.24. The molecule has 2 rings (SSSR count). The minimum atomic E-state index is -0.401. The first kappa shape index (κ1) is 10.7. The van der Waals surface area contributed by atoms with Crippen LogP contribution in [0.1, 0.15) is 18.5 Å². The Bertz CT molecular complexity index is 427. The predicted molar refractivity (Wildman–Crippen MR) is 62.8 cm³/mol. The molecule has 84 valence electrons. The van der Waals surface area contributed by atoms with E-state index in [9.17, 15) is 4.79 Å². The van der Waals surface area contributed by atoms with Crippen molar-refractivity contribution in [2.24, 2.45) is 4.99 Å². The highest BCUT2D eigenvalue weighted by molar-refractivity contribution is 5.92. The van der Waals surface area contributed by atoms with Crippen molar-refractivity contribution in [1.29, 1.82) is 0 Å². The van der Waals surface area contributed by atoms with E-state index in [2.05, 4.69) is 4.99 Å². The van der Waals surface area contributed by atoms with Crippen LogP contribution >= 0.6 is 0 Å². The second-order valence-electron chi connectivity index (χ2n) is 3.87. The molecule has 16 heavy (non-hydrogen) atoms. The number of likely N-dealkylation sites (N-methyl/N-ethyl adjacent to an activating group) is 1. The van der Waals surface area contributed by atoms with E-state index in [4.69, 9.17) is 0 Å². The van der Waals surface area contributed by atoms with Gasteiger partial charge < -0.3 is 0 Å². The highest BCUT2D eigenvalue weighted by atomic mass is 16.2. The van der Waals surface area contributed by atoms with E-state index in [1.54, 1.807) is 17.1 Å². The summed E-state index contributed by atoms with van der Waals surface area (Å²) in [7, 11) is 3.59. The zero-order chi connectivity index (χ0) is 11.7.